The lowest BCUT2D eigenvalue weighted by Gasteiger charge is -2.08. The summed E-state index contributed by atoms with van der Waals surface area (Å²) in [5, 5.41) is 15.5. The molecule has 1 aromatic heterocycles. The third-order valence-corrected chi connectivity index (χ3v) is 6.16. The molecule has 0 radical (unpaired) electrons. The van der Waals surface area contributed by atoms with Crippen LogP contribution < -0.4 is 5.32 Å². The van der Waals surface area contributed by atoms with Gasteiger partial charge in [-0.2, -0.15) is 0 Å². The van der Waals surface area contributed by atoms with E-state index in [1.165, 1.54) is 6.08 Å². The van der Waals surface area contributed by atoms with Crippen LogP contribution >= 0.6 is 27.5 Å². The molecule has 7 heteroatoms. The SMILES string of the molecule is Cc1cc(/C=C/C(=O)c2ccc(Br)cc2)cc(C=NCCNc2ccnc3cc(Cl)ccc23)c1O. The first-order chi connectivity index (χ1) is 16.9. The minimum atomic E-state index is -0.0876. The molecule has 0 aliphatic heterocycles. The summed E-state index contributed by atoms with van der Waals surface area (Å²) in [5.41, 5.74) is 4.53. The van der Waals surface area contributed by atoms with E-state index in [0.29, 0.717) is 34.8 Å². The fourth-order valence-electron chi connectivity index (χ4n) is 3.61. The highest BCUT2D eigenvalue weighted by molar-refractivity contribution is 9.10. The Morgan fingerprint density at radius 2 is 1.94 bits per heavy atom. The zero-order valence-electron chi connectivity index (χ0n) is 19.0. The van der Waals surface area contributed by atoms with Crippen molar-refractivity contribution in [2.45, 2.75) is 6.92 Å². The molecule has 0 fully saturated rings. The number of anilines is 1. The summed E-state index contributed by atoms with van der Waals surface area (Å²) >= 11 is 9.43. The molecule has 35 heavy (non-hydrogen) atoms. The van der Waals surface area contributed by atoms with Gasteiger partial charge in [-0.3, -0.25) is 14.8 Å². The second-order valence-electron chi connectivity index (χ2n) is 7.96. The number of fused-ring (bicyclic) bond motifs is 1. The second-order valence-corrected chi connectivity index (χ2v) is 9.31. The number of ketones is 1. The number of phenolic OH excluding ortho intramolecular Hbond substituents is 1. The Morgan fingerprint density at radius 1 is 1.14 bits per heavy atom. The van der Waals surface area contributed by atoms with Crippen LogP contribution in [0.2, 0.25) is 5.02 Å². The van der Waals surface area contributed by atoms with Gasteiger partial charge in [-0.25, -0.2) is 0 Å². The molecule has 0 spiro atoms. The molecule has 3 aromatic carbocycles. The van der Waals surface area contributed by atoms with E-state index in [-0.39, 0.29) is 11.5 Å². The standard InChI is InChI=1S/C28H23BrClN3O2/c1-18-14-19(2-9-27(34)20-3-5-22(29)6-4-20)15-21(28(18)35)17-31-12-13-33-25-10-11-32-26-16-23(30)7-8-24(25)26/h2-11,14-17,35H,12-13H2,1H3,(H,32,33)/b9-2+,31-17?. The number of halogens is 2. The third-order valence-electron chi connectivity index (χ3n) is 5.40. The lowest BCUT2D eigenvalue weighted by Crippen LogP contribution is -2.05. The molecule has 0 bridgehead atoms. The largest absolute Gasteiger partial charge is 0.507 e. The molecule has 0 aliphatic carbocycles. The minimum absolute atomic E-state index is 0.0876. The van der Waals surface area contributed by atoms with Crippen molar-refractivity contribution >= 4 is 62.2 Å². The van der Waals surface area contributed by atoms with Gasteiger partial charge in [0.25, 0.3) is 0 Å². The highest BCUT2D eigenvalue weighted by Crippen LogP contribution is 2.25. The van der Waals surface area contributed by atoms with Gasteiger partial charge < -0.3 is 10.4 Å². The van der Waals surface area contributed by atoms with E-state index in [9.17, 15) is 9.90 Å². The van der Waals surface area contributed by atoms with Crippen LogP contribution in [0, 0.1) is 6.92 Å². The smallest absolute Gasteiger partial charge is 0.185 e. The number of nitrogens with zero attached hydrogens (tertiary/aromatic N) is 2. The summed E-state index contributed by atoms with van der Waals surface area (Å²) in [7, 11) is 0. The van der Waals surface area contributed by atoms with Crippen molar-refractivity contribution in [2.24, 2.45) is 4.99 Å². The maximum atomic E-state index is 12.4. The van der Waals surface area contributed by atoms with Crippen LogP contribution in [-0.4, -0.2) is 35.2 Å². The number of pyridine rings is 1. The Kier molecular flexibility index (Phi) is 7.95. The van der Waals surface area contributed by atoms with Crippen LogP contribution in [0.1, 0.15) is 27.0 Å². The minimum Gasteiger partial charge on any atom is -0.507 e. The molecular formula is C28H23BrClN3O2. The normalized spacial score (nSPS) is 11.5. The lowest BCUT2D eigenvalue weighted by atomic mass is 10.0. The van der Waals surface area contributed by atoms with Crippen LogP contribution in [0.3, 0.4) is 0 Å². The Hall–Kier alpha value is -3.48. The highest BCUT2D eigenvalue weighted by Gasteiger charge is 2.06. The number of aromatic nitrogens is 1. The zero-order chi connectivity index (χ0) is 24.8. The summed E-state index contributed by atoms with van der Waals surface area (Å²) < 4.78 is 0.922. The first-order valence-electron chi connectivity index (χ1n) is 11.0. The number of phenols is 1. The highest BCUT2D eigenvalue weighted by atomic mass is 79.9. The molecule has 4 rings (SSSR count). The Morgan fingerprint density at radius 3 is 2.74 bits per heavy atom. The maximum Gasteiger partial charge on any atom is 0.185 e. The quantitative estimate of drug-likeness (QED) is 0.107. The van der Waals surface area contributed by atoms with Gasteiger partial charge in [0, 0.05) is 50.7 Å². The Balaban J connectivity index is 1.40. The van der Waals surface area contributed by atoms with E-state index in [1.807, 2.05) is 55.5 Å². The van der Waals surface area contributed by atoms with Crippen molar-refractivity contribution in [1.82, 2.24) is 4.98 Å². The Bertz CT molecular complexity index is 1430. The third kappa shape index (κ3) is 6.35. The monoisotopic (exact) mass is 547 g/mol. The van der Waals surface area contributed by atoms with Crippen LogP contribution in [0.5, 0.6) is 5.75 Å². The fraction of sp³-hybridized carbons (Fsp3) is 0.107. The summed E-state index contributed by atoms with van der Waals surface area (Å²) in [6.07, 6.45) is 6.68. The molecule has 0 aliphatic rings. The number of rotatable bonds is 8. The topological polar surface area (TPSA) is 74.6 Å². The van der Waals surface area contributed by atoms with Crippen molar-refractivity contribution in [3.63, 3.8) is 0 Å². The number of nitrogens with one attached hydrogen (secondary N) is 1. The fourth-order valence-corrected chi connectivity index (χ4v) is 4.04. The van der Waals surface area contributed by atoms with Crippen molar-refractivity contribution in [3.8, 4) is 5.75 Å². The number of benzene rings is 3. The molecule has 5 nitrogen and oxygen atoms in total. The Labute approximate surface area is 217 Å². The van der Waals surface area contributed by atoms with E-state index in [4.69, 9.17) is 11.6 Å². The molecule has 176 valence electrons. The number of aliphatic imine (C=N–C) groups is 1. The van der Waals surface area contributed by atoms with E-state index >= 15 is 0 Å². The first-order valence-corrected chi connectivity index (χ1v) is 12.2. The van der Waals surface area contributed by atoms with Gasteiger partial charge in [0.05, 0.1) is 12.1 Å². The molecule has 0 saturated carbocycles. The molecular weight excluding hydrogens is 526 g/mol. The van der Waals surface area contributed by atoms with Crippen molar-refractivity contribution in [2.75, 3.05) is 18.4 Å². The van der Waals surface area contributed by atoms with Crippen molar-refractivity contribution in [3.05, 3.63) is 105 Å². The number of carbonyl (C=O) groups is 1. The number of allylic oxidation sites excluding steroid dienone is 1. The molecule has 0 amide bonds. The zero-order valence-corrected chi connectivity index (χ0v) is 21.3. The molecule has 0 atom stereocenters. The molecule has 0 unspecified atom stereocenters. The number of hydrogen-bond acceptors (Lipinski definition) is 5. The number of hydrogen-bond donors (Lipinski definition) is 2. The second kappa shape index (κ2) is 11.3. The van der Waals surface area contributed by atoms with Gasteiger partial charge in [0.1, 0.15) is 5.75 Å². The molecule has 1 heterocycles. The number of aromatic hydroxyl groups is 1. The molecule has 2 N–H and O–H groups in total. The van der Waals surface area contributed by atoms with E-state index in [0.717, 1.165) is 26.6 Å². The van der Waals surface area contributed by atoms with Crippen LogP contribution in [-0.2, 0) is 0 Å². The number of carbonyl (C=O) groups excluding carboxylic acids is 1. The van der Waals surface area contributed by atoms with Gasteiger partial charge in [0.2, 0.25) is 0 Å². The van der Waals surface area contributed by atoms with Crippen LogP contribution in [0.25, 0.3) is 17.0 Å². The van der Waals surface area contributed by atoms with E-state index < -0.39 is 0 Å². The molecule has 4 aromatic rings. The summed E-state index contributed by atoms with van der Waals surface area (Å²) in [4.78, 5) is 21.2. The van der Waals surface area contributed by atoms with Gasteiger partial charge in [-0.15, -0.1) is 0 Å². The van der Waals surface area contributed by atoms with Gasteiger partial charge in [-0.1, -0.05) is 33.6 Å². The van der Waals surface area contributed by atoms with Crippen molar-refractivity contribution < 1.29 is 9.90 Å². The van der Waals surface area contributed by atoms with Gasteiger partial charge in [-0.05, 0) is 84.8 Å². The van der Waals surface area contributed by atoms with Gasteiger partial charge in [0.15, 0.2) is 5.78 Å². The first kappa shape index (κ1) is 24.6. The van der Waals surface area contributed by atoms with E-state index in [2.05, 4.69) is 31.2 Å². The van der Waals surface area contributed by atoms with Crippen LogP contribution in [0.15, 0.2) is 82.4 Å². The van der Waals surface area contributed by atoms with E-state index in [1.54, 1.807) is 30.6 Å². The summed E-state index contributed by atoms with van der Waals surface area (Å²) in [5.74, 6) is 0.0885. The van der Waals surface area contributed by atoms with Gasteiger partial charge >= 0.3 is 0 Å². The molecule has 0 saturated heterocycles. The average molecular weight is 549 g/mol. The lowest BCUT2D eigenvalue weighted by molar-refractivity contribution is 0.104. The summed E-state index contributed by atoms with van der Waals surface area (Å²) in [6, 6.07) is 18.4. The summed E-state index contributed by atoms with van der Waals surface area (Å²) in [6.45, 7) is 2.94. The predicted octanol–water partition coefficient (Wildman–Crippen LogP) is 7.09. The van der Waals surface area contributed by atoms with Crippen LogP contribution in [0.4, 0.5) is 5.69 Å². The average Bonchev–Trinajstić information content (AvgIpc) is 2.85. The number of aryl methyl sites for hydroxylation is 1. The maximum absolute atomic E-state index is 12.4. The van der Waals surface area contributed by atoms with Crippen molar-refractivity contribution in [1.29, 1.82) is 0 Å². The predicted molar refractivity (Wildman–Crippen MR) is 148 cm³/mol.